The molecule has 1 heterocycles. The van der Waals surface area contributed by atoms with Crippen LogP contribution < -0.4 is 10.6 Å². The normalized spacial score (nSPS) is 11.1. The first-order valence-electron chi connectivity index (χ1n) is 11.3. The van der Waals surface area contributed by atoms with Gasteiger partial charge < -0.3 is 15.5 Å². The zero-order valence-corrected chi connectivity index (χ0v) is 20.3. The average molecular weight is 455 g/mol. The number of fused-ring (bicyclic) bond motifs is 1. The van der Waals surface area contributed by atoms with Crippen molar-refractivity contribution in [2.45, 2.75) is 20.8 Å². The summed E-state index contributed by atoms with van der Waals surface area (Å²) < 4.78 is 0. The molecule has 0 spiro atoms. The number of hydrogen-bond acceptors (Lipinski definition) is 6. The number of anilines is 2. The minimum absolute atomic E-state index is 0.0904. The van der Waals surface area contributed by atoms with Crippen molar-refractivity contribution in [3.05, 3.63) is 76.9 Å². The van der Waals surface area contributed by atoms with Crippen LogP contribution in [-0.2, 0) is 0 Å². The van der Waals surface area contributed by atoms with Crippen LogP contribution in [0.15, 0.2) is 54.6 Å². The fraction of sp³-hybridized carbons (Fsp3) is 0.259. The van der Waals surface area contributed by atoms with Gasteiger partial charge in [-0.05, 0) is 99.1 Å². The molecule has 0 saturated carbocycles. The van der Waals surface area contributed by atoms with Gasteiger partial charge >= 0.3 is 0 Å². The lowest BCUT2D eigenvalue weighted by Crippen LogP contribution is -2.31. The molecule has 0 bridgehead atoms. The van der Waals surface area contributed by atoms with E-state index in [2.05, 4.69) is 58.9 Å². The maximum Gasteiger partial charge on any atom is 0.251 e. The Morgan fingerprint density at radius 3 is 2.29 bits per heavy atom. The van der Waals surface area contributed by atoms with Crippen LogP contribution in [0.25, 0.3) is 22.2 Å². The van der Waals surface area contributed by atoms with Gasteiger partial charge in [0.15, 0.2) is 0 Å². The molecule has 3 aromatic carbocycles. The molecule has 4 rings (SSSR count). The molecular weight excluding hydrogens is 424 g/mol. The highest BCUT2D eigenvalue weighted by Crippen LogP contribution is 2.31. The Kier molecular flexibility index (Phi) is 6.84. The largest absolute Gasteiger partial charge is 0.351 e. The molecule has 7 nitrogen and oxygen atoms in total. The van der Waals surface area contributed by atoms with E-state index in [1.54, 1.807) is 12.1 Å². The highest BCUT2D eigenvalue weighted by Gasteiger charge is 2.12. The van der Waals surface area contributed by atoms with Crippen molar-refractivity contribution in [1.82, 2.24) is 25.4 Å². The van der Waals surface area contributed by atoms with Crippen LogP contribution in [-0.4, -0.2) is 53.2 Å². The van der Waals surface area contributed by atoms with Crippen LogP contribution >= 0.6 is 0 Å². The van der Waals surface area contributed by atoms with Crippen molar-refractivity contribution in [3.8, 4) is 11.1 Å². The zero-order chi connectivity index (χ0) is 24.2. The Bertz CT molecular complexity index is 1310. The minimum atomic E-state index is -0.0904. The summed E-state index contributed by atoms with van der Waals surface area (Å²) in [5, 5.41) is 14.8. The predicted molar refractivity (Wildman–Crippen MR) is 138 cm³/mol. The molecule has 0 fully saturated rings. The first-order chi connectivity index (χ1) is 16.3. The van der Waals surface area contributed by atoms with Crippen molar-refractivity contribution in [2.75, 3.05) is 32.5 Å². The lowest BCUT2D eigenvalue weighted by atomic mass is 9.94. The van der Waals surface area contributed by atoms with Crippen LogP contribution in [0.1, 0.15) is 27.0 Å². The monoisotopic (exact) mass is 454 g/mol. The lowest BCUT2D eigenvalue weighted by molar-refractivity contribution is 0.0951. The molecule has 0 radical (unpaired) electrons. The number of rotatable bonds is 7. The Labute approximate surface area is 200 Å². The van der Waals surface area contributed by atoms with Crippen molar-refractivity contribution in [2.24, 2.45) is 0 Å². The maximum atomic E-state index is 12.3. The lowest BCUT2D eigenvalue weighted by Gasteiger charge is -2.13. The highest BCUT2D eigenvalue weighted by atomic mass is 16.1. The zero-order valence-electron chi connectivity index (χ0n) is 20.3. The molecular formula is C27H30N6O. The van der Waals surface area contributed by atoms with E-state index in [9.17, 15) is 4.79 Å². The van der Waals surface area contributed by atoms with Gasteiger partial charge in [-0.15, -0.1) is 10.2 Å². The number of amides is 1. The molecule has 0 saturated heterocycles. The fourth-order valence-corrected chi connectivity index (χ4v) is 4.01. The second kappa shape index (κ2) is 9.97. The summed E-state index contributed by atoms with van der Waals surface area (Å²) in [6.45, 7) is 7.69. The van der Waals surface area contributed by atoms with E-state index < -0.39 is 0 Å². The number of aromatic nitrogens is 3. The second-order valence-electron chi connectivity index (χ2n) is 8.82. The van der Waals surface area contributed by atoms with Crippen LogP contribution in [0.5, 0.6) is 0 Å². The number of aryl methyl sites for hydroxylation is 3. The molecule has 1 aromatic heterocycles. The van der Waals surface area contributed by atoms with Gasteiger partial charge in [0.1, 0.15) is 5.52 Å². The summed E-state index contributed by atoms with van der Waals surface area (Å²) in [7, 11) is 3.95. The summed E-state index contributed by atoms with van der Waals surface area (Å²) in [6, 6.07) is 17.8. The maximum absolute atomic E-state index is 12.3. The Morgan fingerprint density at radius 2 is 1.62 bits per heavy atom. The Hall–Kier alpha value is -3.84. The van der Waals surface area contributed by atoms with E-state index in [0.717, 1.165) is 34.4 Å². The second-order valence-corrected chi connectivity index (χ2v) is 8.82. The van der Waals surface area contributed by atoms with Gasteiger partial charge in [0.05, 0.1) is 5.52 Å². The average Bonchev–Trinajstić information content (AvgIpc) is 2.79. The Balaban J connectivity index is 1.52. The van der Waals surface area contributed by atoms with Crippen LogP contribution in [0.3, 0.4) is 0 Å². The van der Waals surface area contributed by atoms with Crippen LogP contribution in [0, 0.1) is 20.8 Å². The summed E-state index contributed by atoms with van der Waals surface area (Å²) in [4.78, 5) is 19.0. The molecule has 0 aliphatic heterocycles. The molecule has 0 unspecified atom stereocenters. The van der Waals surface area contributed by atoms with E-state index in [0.29, 0.717) is 18.1 Å². The van der Waals surface area contributed by atoms with E-state index >= 15 is 0 Å². The quantitative estimate of drug-likeness (QED) is 0.423. The topological polar surface area (TPSA) is 83.0 Å². The molecule has 7 heteroatoms. The van der Waals surface area contributed by atoms with Gasteiger partial charge in [0.2, 0.25) is 5.95 Å². The summed E-state index contributed by atoms with van der Waals surface area (Å²) in [6.07, 6.45) is 0. The third-order valence-corrected chi connectivity index (χ3v) is 5.77. The van der Waals surface area contributed by atoms with Crippen molar-refractivity contribution >= 4 is 28.6 Å². The van der Waals surface area contributed by atoms with Crippen molar-refractivity contribution in [3.63, 3.8) is 0 Å². The standard InChI is InChI=1S/C27H30N6O/c1-17-7-6-8-18(2)24(17)21-15-19(3)25-23(16-21)31-32-27(30-25)29-22-11-9-20(10-12-22)26(34)28-13-14-33(4)5/h6-12,15-16H,13-14H2,1-5H3,(H,28,34)(H,29,30,32). The van der Waals surface area contributed by atoms with Gasteiger partial charge in [0, 0.05) is 24.3 Å². The van der Waals surface area contributed by atoms with Gasteiger partial charge in [0.25, 0.3) is 5.91 Å². The van der Waals surface area contributed by atoms with E-state index in [1.165, 1.54) is 16.7 Å². The molecule has 2 N–H and O–H groups in total. The SMILES string of the molecule is Cc1cccc(C)c1-c1cc(C)c2nc(Nc3ccc(C(=O)NCCN(C)C)cc3)nnc2c1. The van der Waals surface area contributed by atoms with Crippen LogP contribution in [0.2, 0.25) is 0 Å². The minimum Gasteiger partial charge on any atom is -0.351 e. The molecule has 4 aromatic rings. The number of likely N-dealkylation sites (N-methyl/N-ethyl adjacent to an activating group) is 1. The Morgan fingerprint density at radius 1 is 0.912 bits per heavy atom. The van der Waals surface area contributed by atoms with Gasteiger partial charge in [-0.1, -0.05) is 18.2 Å². The third-order valence-electron chi connectivity index (χ3n) is 5.77. The summed E-state index contributed by atoms with van der Waals surface area (Å²) >= 11 is 0. The number of benzene rings is 3. The molecule has 0 aliphatic rings. The number of carbonyl (C=O) groups is 1. The fourth-order valence-electron chi connectivity index (χ4n) is 4.01. The van der Waals surface area contributed by atoms with E-state index in [4.69, 9.17) is 4.98 Å². The number of nitrogens with zero attached hydrogens (tertiary/aromatic N) is 4. The van der Waals surface area contributed by atoms with Crippen molar-refractivity contribution in [1.29, 1.82) is 0 Å². The smallest absolute Gasteiger partial charge is 0.251 e. The third kappa shape index (κ3) is 5.21. The van der Waals surface area contributed by atoms with Gasteiger partial charge in [-0.2, -0.15) is 0 Å². The molecule has 0 atom stereocenters. The van der Waals surface area contributed by atoms with Crippen LogP contribution in [0.4, 0.5) is 11.6 Å². The van der Waals surface area contributed by atoms with Gasteiger partial charge in [-0.25, -0.2) is 4.98 Å². The van der Waals surface area contributed by atoms with E-state index in [-0.39, 0.29) is 5.91 Å². The van der Waals surface area contributed by atoms with Gasteiger partial charge in [-0.3, -0.25) is 4.79 Å². The number of hydrogen-bond donors (Lipinski definition) is 2. The number of nitrogens with one attached hydrogen (secondary N) is 2. The first-order valence-corrected chi connectivity index (χ1v) is 11.3. The molecule has 34 heavy (non-hydrogen) atoms. The van der Waals surface area contributed by atoms with E-state index in [1.807, 2.05) is 44.1 Å². The molecule has 1 amide bonds. The summed E-state index contributed by atoms with van der Waals surface area (Å²) in [5.74, 6) is 0.325. The highest BCUT2D eigenvalue weighted by molar-refractivity contribution is 5.94. The summed E-state index contributed by atoms with van der Waals surface area (Å²) in [5.41, 5.74) is 8.81. The number of carbonyl (C=O) groups excluding carboxylic acids is 1. The first kappa shape index (κ1) is 23.3. The molecule has 174 valence electrons. The van der Waals surface area contributed by atoms with Crippen molar-refractivity contribution < 1.29 is 4.79 Å². The predicted octanol–water partition coefficient (Wildman–Crippen LogP) is 4.65. The molecule has 0 aliphatic carbocycles.